The molecule has 2 aromatic heterocycles. The number of pyridine rings is 1. The molecule has 0 unspecified atom stereocenters. The van der Waals surface area contributed by atoms with Crippen LogP contribution in [0.15, 0.2) is 30.9 Å². The normalized spacial score (nSPS) is 9.93. The van der Waals surface area contributed by atoms with Crippen molar-refractivity contribution >= 4 is 6.29 Å². The summed E-state index contributed by atoms with van der Waals surface area (Å²) in [6.07, 6.45) is 7.19. The molecule has 0 atom stereocenters. The Hall–Kier alpha value is -2.10. The fourth-order valence-electron chi connectivity index (χ4n) is 1.26. The number of hydrogen-bond acceptors (Lipinski definition) is 4. The van der Waals surface area contributed by atoms with Crippen LogP contribution < -0.4 is 0 Å². The molecule has 0 radical (unpaired) electrons. The van der Waals surface area contributed by atoms with Crippen molar-refractivity contribution in [2.45, 2.75) is 6.92 Å². The second kappa shape index (κ2) is 3.96. The zero-order valence-electron chi connectivity index (χ0n) is 8.21. The van der Waals surface area contributed by atoms with Gasteiger partial charge in [-0.05, 0) is 18.6 Å². The van der Waals surface area contributed by atoms with E-state index in [4.69, 9.17) is 0 Å². The summed E-state index contributed by atoms with van der Waals surface area (Å²) >= 11 is 0. The maximum atomic E-state index is 10.4. The minimum Gasteiger partial charge on any atom is -0.298 e. The van der Waals surface area contributed by atoms with Crippen LogP contribution in [0.2, 0.25) is 0 Å². The lowest BCUT2D eigenvalue weighted by atomic mass is 10.1. The Balaban J connectivity index is 2.46. The summed E-state index contributed by atoms with van der Waals surface area (Å²) in [5.74, 6) is 0.612. The molecular weight excluding hydrogens is 190 g/mol. The number of rotatable bonds is 2. The van der Waals surface area contributed by atoms with Crippen molar-refractivity contribution in [2.75, 3.05) is 0 Å². The summed E-state index contributed by atoms with van der Waals surface area (Å²) in [6, 6.07) is 1.85. The van der Waals surface area contributed by atoms with Gasteiger partial charge in [0.25, 0.3) is 0 Å². The lowest BCUT2D eigenvalue weighted by Crippen LogP contribution is -1.93. The molecule has 0 aliphatic heterocycles. The number of carbonyl (C=O) groups excluding carboxylic acids is 1. The Kier molecular flexibility index (Phi) is 2.49. The highest BCUT2D eigenvalue weighted by molar-refractivity contribution is 5.74. The first-order valence-corrected chi connectivity index (χ1v) is 4.49. The third-order valence-corrected chi connectivity index (χ3v) is 2.07. The highest BCUT2D eigenvalue weighted by Crippen LogP contribution is 2.17. The molecule has 4 heteroatoms. The summed E-state index contributed by atoms with van der Waals surface area (Å²) in [5.41, 5.74) is 2.42. The molecule has 0 aliphatic rings. The molecule has 0 saturated carbocycles. The van der Waals surface area contributed by atoms with Crippen molar-refractivity contribution in [3.63, 3.8) is 0 Å². The van der Waals surface area contributed by atoms with Crippen LogP contribution in [0.3, 0.4) is 0 Å². The van der Waals surface area contributed by atoms with Gasteiger partial charge in [-0.3, -0.25) is 9.78 Å². The van der Waals surface area contributed by atoms with Gasteiger partial charge in [0.15, 0.2) is 12.1 Å². The molecule has 0 spiro atoms. The van der Waals surface area contributed by atoms with Gasteiger partial charge in [-0.15, -0.1) is 0 Å². The largest absolute Gasteiger partial charge is 0.298 e. The van der Waals surface area contributed by atoms with Crippen LogP contribution in [0.4, 0.5) is 0 Å². The summed E-state index contributed by atoms with van der Waals surface area (Å²) in [4.78, 5) is 22.6. The van der Waals surface area contributed by atoms with Gasteiger partial charge < -0.3 is 0 Å². The smallest absolute Gasteiger partial charge is 0.159 e. The van der Waals surface area contributed by atoms with E-state index in [9.17, 15) is 4.79 Å². The highest BCUT2D eigenvalue weighted by atomic mass is 16.1. The number of aldehydes is 1. The van der Waals surface area contributed by atoms with E-state index in [1.165, 1.54) is 12.4 Å². The first-order chi connectivity index (χ1) is 7.31. The van der Waals surface area contributed by atoms with E-state index in [-0.39, 0.29) is 0 Å². The minimum absolute atomic E-state index is 0.477. The molecule has 0 fully saturated rings. The predicted octanol–water partition coefficient (Wildman–Crippen LogP) is 1.66. The lowest BCUT2D eigenvalue weighted by Gasteiger charge is -2.02. The van der Waals surface area contributed by atoms with Gasteiger partial charge in [0.2, 0.25) is 0 Å². The van der Waals surface area contributed by atoms with Crippen molar-refractivity contribution in [1.82, 2.24) is 15.0 Å². The molecular formula is C11H9N3O. The van der Waals surface area contributed by atoms with Crippen LogP contribution in [0.25, 0.3) is 11.4 Å². The molecule has 4 nitrogen and oxygen atoms in total. The van der Waals surface area contributed by atoms with Crippen LogP contribution >= 0.6 is 0 Å². The first-order valence-electron chi connectivity index (χ1n) is 4.49. The van der Waals surface area contributed by atoms with Crippen molar-refractivity contribution in [2.24, 2.45) is 0 Å². The van der Waals surface area contributed by atoms with E-state index >= 15 is 0 Å². The summed E-state index contributed by atoms with van der Waals surface area (Å²) in [7, 11) is 0. The Morgan fingerprint density at radius 1 is 1.20 bits per heavy atom. The quantitative estimate of drug-likeness (QED) is 0.690. The van der Waals surface area contributed by atoms with Gasteiger partial charge in [0.1, 0.15) is 0 Å². The Morgan fingerprint density at radius 3 is 2.53 bits per heavy atom. The molecule has 74 valence electrons. The van der Waals surface area contributed by atoms with Crippen molar-refractivity contribution < 1.29 is 4.79 Å². The zero-order valence-corrected chi connectivity index (χ0v) is 8.21. The third kappa shape index (κ3) is 1.88. The van der Waals surface area contributed by atoms with Crippen molar-refractivity contribution in [3.8, 4) is 11.4 Å². The van der Waals surface area contributed by atoms with E-state index in [1.807, 2.05) is 13.0 Å². The van der Waals surface area contributed by atoms with Gasteiger partial charge in [0, 0.05) is 30.4 Å². The summed E-state index contributed by atoms with van der Waals surface area (Å²) in [6.45, 7) is 1.94. The zero-order chi connectivity index (χ0) is 10.7. The number of carbonyl (C=O) groups is 1. The number of hydrogen-bond donors (Lipinski definition) is 0. The topological polar surface area (TPSA) is 55.7 Å². The number of aromatic nitrogens is 3. The van der Waals surface area contributed by atoms with Crippen LogP contribution in [-0.4, -0.2) is 21.2 Å². The molecule has 0 bridgehead atoms. The number of nitrogens with zero attached hydrogens (tertiary/aromatic N) is 3. The van der Waals surface area contributed by atoms with Crippen LogP contribution in [0.1, 0.15) is 15.9 Å². The molecule has 0 N–H and O–H groups in total. The van der Waals surface area contributed by atoms with Crippen LogP contribution in [-0.2, 0) is 0 Å². The molecule has 2 rings (SSSR count). The average molecular weight is 199 g/mol. The van der Waals surface area contributed by atoms with Gasteiger partial charge >= 0.3 is 0 Å². The van der Waals surface area contributed by atoms with Gasteiger partial charge in [0.05, 0.1) is 5.56 Å². The standard InChI is InChI=1S/C11H9N3O/c1-8-4-12-3-2-10(8)11-13-5-9(7-15)6-14-11/h2-7H,1H3. The minimum atomic E-state index is 0.477. The maximum absolute atomic E-state index is 10.4. The molecule has 0 aromatic carbocycles. The Bertz CT molecular complexity index is 479. The van der Waals surface area contributed by atoms with Crippen LogP contribution in [0, 0.1) is 6.92 Å². The van der Waals surface area contributed by atoms with Crippen molar-refractivity contribution in [1.29, 1.82) is 0 Å². The second-order valence-electron chi connectivity index (χ2n) is 3.15. The molecule has 2 heterocycles. The van der Waals surface area contributed by atoms with E-state index in [1.54, 1.807) is 12.4 Å². The molecule has 0 aliphatic carbocycles. The monoisotopic (exact) mass is 199 g/mol. The maximum Gasteiger partial charge on any atom is 0.159 e. The Labute approximate surface area is 87.0 Å². The SMILES string of the molecule is Cc1cnccc1-c1ncc(C=O)cn1. The van der Waals surface area contributed by atoms with E-state index < -0.39 is 0 Å². The average Bonchev–Trinajstić information content (AvgIpc) is 2.30. The molecule has 2 aromatic rings. The van der Waals surface area contributed by atoms with E-state index in [0.29, 0.717) is 11.4 Å². The van der Waals surface area contributed by atoms with Gasteiger partial charge in [-0.25, -0.2) is 9.97 Å². The second-order valence-corrected chi connectivity index (χ2v) is 3.15. The first kappa shape index (κ1) is 9.45. The summed E-state index contributed by atoms with van der Waals surface area (Å²) in [5, 5.41) is 0. The van der Waals surface area contributed by atoms with Crippen LogP contribution in [0.5, 0.6) is 0 Å². The third-order valence-electron chi connectivity index (χ3n) is 2.07. The fraction of sp³-hybridized carbons (Fsp3) is 0.0909. The van der Waals surface area contributed by atoms with E-state index in [2.05, 4.69) is 15.0 Å². The lowest BCUT2D eigenvalue weighted by molar-refractivity contribution is 0.112. The van der Waals surface area contributed by atoms with Gasteiger partial charge in [-0.2, -0.15) is 0 Å². The molecule has 0 amide bonds. The van der Waals surface area contributed by atoms with E-state index in [0.717, 1.165) is 17.4 Å². The predicted molar refractivity (Wildman–Crippen MR) is 55.4 cm³/mol. The number of aryl methyl sites for hydroxylation is 1. The molecule has 0 saturated heterocycles. The van der Waals surface area contributed by atoms with Gasteiger partial charge in [-0.1, -0.05) is 0 Å². The summed E-state index contributed by atoms with van der Waals surface area (Å²) < 4.78 is 0. The van der Waals surface area contributed by atoms with Crippen molar-refractivity contribution in [3.05, 3.63) is 42.0 Å². The fourth-order valence-corrected chi connectivity index (χ4v) is 1.26. The molecule has 15 heavy (non-hydrogen) atoms. The Morgan fingerprint density at radius 2 is 1.93 bits per heavy atom. The highest BCUT2D eigenvalue weighted by Gasteiger charge is 2.03.